The molecule has 3 aromatic rings. The van der Waals surface area contributed by atoms with Gasteiger partial charge in [0, 0.05) is 12.4 Å². The highest BCUT2D eigenvalue weighted by Crippen LogP contribution is 1.82. The number of aromatic nitrogens is 3. The van der Waals surface area contributed by atoms with Gasteiger partial charge in [-0.1, -0.05) is 5.16 Å². The average molecular weight is 363 g/mol. The van der Waals surface area contributed by atoms with E-state index < -0.39 is 0 Å². The van der Waals surface area contributed by atoms with Gasteiger partial charge in [-0.15, -0.1) is 0 Å². The van der Waals surface area contributed by atoms with Gasteiger partial charge < -0.3 is 28.7 Å². The fourth-order valence-corrected chi connectivity index (χ4v) is 1.24. The highest BCUT2D eigenvalue weighted by molar-refractivity contribution is 5.68. The van der Waals surface area contributed by atoms with E-state index in [1.165, 1.54) is 25.3 Å². The van der Waals surface area contributed by atoms with E-state index in [0.717, 1.165) is 13.2 Å². The number of hydrogen-bond donors (Lipinski definition) is 2. The summed E-state index contributed by atoms with van der Waals surface area (Å²) in [6.45, 7) is 2.82. The number of aromatic amines is 1. The van der Waals surface area contributed by atoms with Crippen molar-refractivity contribution in [2.75, 3.05) is 26.3 Å². The second-order valence-corrected chi connectivity index (χ2v) is 4.19. The Balaban J connectivity index is 0.000000163. The van der Waals surface area contributed by atoms with Gasteiger partial charge in [0.1, 0.15) is 25.7 Å². The highest BCUT2D eigenvalue weighted by Gasteiger charge is 2.06. The minimum Gasteiger partial charge on any atom is -0.482 e. The van der Waals surface area contributed by atoms with Gasteiger partial charge in [0.15, 0.2) is 12.8 Å². The van der Waals surface area contributed by atoms with E-state index in [0.29, 0.717) is 13.2 Å². The van der Waals surface area contributed by atoms with Crippen molar-refractivity contribution < 1.29 is 23.2 Å². The van der Waals surface area contributed by atoms with Crippen LogP contribution < -0.4 is 5.32 Å². The molecule has 0 spiro atoms. The van der Waals surface area contributed by atoms with Crippen LogP contribution in [-0.2, 0) is 9.47 Å². The van der Waals surface area contributed by atoms with Crippen LogP contribution in [-0.4, -0.2) is 53.9 Å². The Morgan fingerprint density at radius 3 is 2.12 bits per heavy atom. The quantitative estimate of drug-likeness (QED) is 0.626. The first-order chi connectivity index (χ1) is 12.9. The zero-order valence-corrected chi connectivity index (χ0v) is 14.1. The Labute approximate surface area is 150 Å². The molecule has 0 radical (unpaired) electrons. The van der Waals surface area contributed by atoms with Gasteiger partial charge in [-0.25, -0.2) is 9.78 Å². The largest absolute Gasteiger partial charge is 0.482 e. The Bertz CT molecular complexity index is 498. The van der Waals surface area contributed by atoms with Crippen molar-refractivity contribution in [3.63, 3.8) is 0 Å². The summed E-state index contributed by atoms with van der Waals surface area (Å²) in [5.74, 6) is 0. The van der Waals surface area contributed by atoms with E-state index in [1.54, 1.807) is 18.5 Å². The third-order valence-corrected chi connectivity index (χ3v) is 2.28. The van der Waals surface area contributed by atoms with Crippen LogP contribution in [0.3, 0.4) is 0 Å². The van der Waals surface area contributed by atoms with Crippen LogP contribution in [0.25, 0.3) is 0 Å². The highest BCUT2D eigenvalue weighted by atomic mass is 16.6. The zero-order chi connectivity index (χ0) is 18.5. The predicted molar refractivity (Wildman–Crippen MR) is 92.5 cm³/mol. The summed E-state index contributed by atoms with van der Waals surface area (Å²) >= 11 is 0. The van der Waals surface area contributed by atoms with E-state index in [1.807, 2.05) is 24.5 Å². The van der Waals surface area contributed by atoms with Crippen LogP contribution in [0.5, 0.6) is 0 Å². The van der Waals surface area contributed by atoms with Crippen LogP contribution in [0.1, 0.15) is 0 Å². The molecule has 1 saturated heterocycles. The molecular formula is C16H21N5O5. The van der Waals surface area contributed by atoms with E-state index in [-0.39, 0.29) is 6.09 Å². The van der Waals surface area contributed by atoms with E-state index in [4.69, 9.17) is 0 Å². The van der Waals surface area contributed by atoms with Gasteiger partial charge in [-0.05, 0) is 18.2 Å². The van der Waals surface area contributed by atoms with Gasteiger partial charge in [0.2, 0.25) is 0 Å². The molecule has 26 heavy (non-hydrogen) atoms. The summed E-state index contributed by atoms with van der Waals surface area (Å²) in [5, 5.41) is 5.81. The van der Waals surface area contributed by atoms with Crippen molar-refractivity contribution in [3.8, 4) is 0 Å². The molecule has 0 atom stereocenters. The SMILES string of the molecule is C1=NCCO1.O=C1NCCO1.c1cc[nH]c1.c1cnoc1.c1cocn1. The Kier molecular flexibility index (Phi) is 12.8. The minimum absolute atomic E-state index is 0.296. The van der Waals surface area contributed by atoms with E-state index >= 15 is 0 Å². The molecule has 5 heterocycles. The number of nitrogens with one attached hydrogen (secondary N) is 2. The molecule has 1 fully saturated rings. The van der Waals surface area contributed by atoms with E-state index in [2.05, 4.69) is 43.8 Å². The Morgan fingerprint density at radius 1 is 1.04 bits per heavy atom. The normalized spacial score (nSPS) is 12.8. The summed E-state index contributed by atoms with van der Waals surface area (Å²) in [6.07, 6.45) is 12.5. The summed E-state index contributed by atoms with van der Waals surface area (Å²) in [5.41, 5.74) is 0. The average Bonchev–Trinajstić information content (AvgIpc) is 3.54. The number of alkyl carbamates (subject to hydrolysis) is 1. The number of oxazole rings is 1. The number of carbonyl (C=O) groups is 1. The van der Waals surface area contributed by atoms with Gasteiger partial charge in [0.05, 0.1) is 25.5 Å². The minimum atomic E-state index is -0.296. The first-order valence-electron chi connectivity index (χ1n) is 7.64. The van der Waals surface area contributed by atoms with Crippen molar-refractivity contribution in [1.82, 2.24) is 20.4 Å². The molecule has 5 rings (SSSR count). The van der Waals surface area contributed by atoms with Crippen LogP contribution in [0.2, 0.25) is 0 Å². The molecule has 1 amide bonds. The van der Waals surface area contributed by atoms with Crippen LogP contribution in [0, 0.1) is 0 Å². The van der Waals surface area contributed by atoms with Crippen molar-refractivity contribution >= 4 is 12.5 Å². The van der Waals surface area contributed by atoms with Crippen LogP contribution in [0.4, 0.5) is 4.79 Å². The van der Waals surface area contributed by atoms with Crippen molar-refractivity contribution in [3.05, 3.63) is 61.9 Å². The van der Waals surface area contributed by atoms with Crippen molar-refractivity contribution in [2.24, 2.45) is 4.99 Å². The standard InChI is InChI=1S/C4H5N.C3H5NO2.C3H5NO.2C3H3NO/c1-2-4-5-3-1;5-3-4-1-2-6-3;2*1-2-5-3-4-1;1-2-4-5-3-1/h1-5H;1-2H2,(H,4,5);3H,1-2H2;2*1-3H. The maximum absolute atomic E-state index is 9.91. The molecule has 2 aliphatic rings. The van der Waals surface area contributed by atoms with Gasteiger partial charge in [-0.2, -0.15) is 0 Å². The third-order valence-electron chi connectivity index (χ3n) is 2.28. The summed E-state index contributed by atoms with van der Waals surface area (Å²) in [7, 11) is 0. The molecule has 0 saturated carbocycles. The number of H-pyrrole nitrogens is 1. The smallest absolute Gasteiger partial charge is 0.407 e. The van der Waals surface area contributed by atoms with Crippen LogP contribution >= 0.6 is 0 Å². The lowest BCUT2D eigenvalue weighted by atomic mass is 10.7. The number of carbonyl (C=O) groups excluding carboxylic acids is 1. The van der Waals surface area contributed by atoms with Crippen molar-refractivity contribution in [1.29, 1.82) is 0 Å². The molecule has 0 unspecified atom stereocenters. The number of nitrogens with zero attached hydrogens (tertiary/aromatic N) is 3. The van der Waals surface area contributed by atoms with Crippen molar-refractivity contribution in [2.45, 2.75) is 0 Å². The molecule has 140 valence electrons. The molecule has 0 aromatic carbocycles. The number of rotatable bonds is 0. The van der Waals surface area contributed by atoms with Gasteiger partial charge >= 0.3 is 6.09 Å². The number of cyclic esters (lactones) is 1. The first-order valence-corrected chi connectivity index (χ1v) is 7.64. The lowest BCUT2D eigenvalue weighted by Crippen LogP contribution is -2.11. The Morgan fingerprint density at radius 2 is 1.92 bits per heavy atom. The summed E-state index contributed by atoms with van der Waals surface area (Å²) in [6, 6.07) is 5.61. The lowest BCUT2D eigenvalue weighted by Gasteiger charge is -1.80. The molecule has 3 aromatic heterocycles. The first kappa shape index (κ1) is 20.5. The maximum atomic E-state index is 9.91. The topological polar surface area (TPSA) is 128 Å². The molecule has 0 aliphatic carbocycles. The number of aliphatic imine (C=N–C) groups is 1. The molecule has 2 aliphatic heterocycles. The molecule has 10 heteroatoms. The second kappa shape index (κ2) is 16.3. The number of amides is 1. The maximum Gasteiger partial charge on any atom is 0.407 e. The molecule has 0 bridgehead atoms. The summed E-state index contributed by atoms with van der Waals surface area (Å²) < 4.78 is 17.9. The molecule has 10 nitrogen and oxygen atoms in total. The zero-order valence-electron chi connectivity index (χ0n) is 14.1. The summed E-state index contributed by atoms with van der Waals surface area (Å²) in [4.78, 5) is 20.1. The van der Waals surface area contributed by atoms with E-state index in [9.17, 15) is 4.79 Å². The van der Waals surface area contributed by atoms with Gasteiger partial charge in [-0.3, -0.25) is 4.99 Å². The Hall–Kier alpha value is -3.56. The molecule has 2 N–H and O–H groups in total. The fraction of sp³-hybridized carbons (Fsp3) is 0.250. The second-order valence-electron chi connectivity index (χ2n) is 4.19. The third kappa shape index (κ3) is 14.1. The lowest BCUT2D eigenvalue weighted by molar-refractivity contribution is 0.178. The number of hydrogen-bond acceptors (Lipinski definition) is 8. The van der Waals surface area contributed by atoms with Crippen LogP contribution in [0.15, 0.2) is 75.8 Å². The fourth-order valence-electron chi connectivity index (χ4n) is 1.24. The predicted octanol–water partition coefficient (Wildman–Crippen LogP) is 2.13. The molecular weight excluding hydrogens is 342 g/mol. The monoisotopic (exact) mass is 363 g/mol. The van der Waals surface area contributed by atoms with Gasteiger partial charge in [0.25, 0.3) is 0 Å². The number of ether oxygens (including phenoxy) is 2.